The Labute approximate surface area is 180 Å². The van der Waals surface area contributed by atoms with E-state index >= 15 is 0 Å². The third kappa shape index (κ3) is 4.56. The molecular formula is C24H23N5O2. The monoisotopic (exact) mass is 413 g/mol. The Morgan fingerprint density at radius 3 is 2.29 bits per heavy atom. The summed E-state index contributed by atoms with van der Waals surface area (Å²) in [6.45, 7) is 3.38. The Balaban J connectivity index is 1.50. The third-order valence-corrected chi connectivity index (χ3v) is 4.92. The van der Waals surface area contributed by atoms with E-state index in [2.05, 4.69) is 27.1 Å². The fourth-order valence-corrected chi connectivity index (χ4v) is 3.31. The van der Waals surface area contributed by atoms with Crippen LogP contribution >= 0.6 is 0 Å². The molecule has 0 aliphatic carbocycles. The number of aromatic nitrogens is 5. The molecule has 0 radical (unpaired) electrons. The van der Waals surface area contributed by atoms with Gasteiger partial charge in [-0.1, -0.05) is 41.3 Å². The Morgan fingerprint density at radius 1 is 1.03 bits per heavy atom. The summed E-state index contributed by atoms with van der Waals surface area (Å²) in [7, 11) is 0. The first kappa shape index (κ1) is 20.5. The van der Waals surface area contributed by atoms with Crippen LogP contribution in [-0.4, -0.2) is 41.4 Å². The van der Waals surface area contributed by atoms with E-state index in [-0.39, 0.29) is 6.61 Å². The standard InChI is InChI=1S/C24H23N5O2/c1-17-15-29(27-26-17)22-11-8-21(9-12-22)20-6-3-19(4-7-20)5-10-23(16-30)28-14-13-25-24(28)18(2)31/h3-4,6-9,11-15,18,23,30-31H,16H2,1-2H3/t18-,23-/m0/s1. The molecule has 4 rings (SSSR count). The van der Waals surface area contributed by atoms with Crippen molar-refractivity contribution in [3.05, 3.63) is 84.2 Å². The van der Waals surface area contributed by atoms with Gasteiger partial charge in [0.15, 0.2) is 0 Å². The minimum absolute atomic E-state index is 0.168. The third-order valence-electron chi connectivity index (χ3n) is 4.92. The van der Waals surface area contributed by atoms with E-state index in [1.165, 1.54) is 0 Å². The highest BCUT2D eigenvalue weighted by Crippen LogP contribution is 2.22. The zero-order valence-electron chi connectivity index (χ0n) is 17.3. The van der Waals surface area contributed by atoms with Gasteiger partial charge in [0.1, 0.15) is 18.0 Å². The maximum absolute atomic E-state index is 9.82. The summed E-state index contributed by atoms with van der Waals surface area (Å²) in [5.74, 6) is 6.65. The van der Waals surface area contributed by atoms with Crippen LogP contribution in [0.5, 0.6) is 0 Å². The second-order valence-electron chi connectivity index (χ2n) is 7.27. The lowest BCUT2D eigenvalue weighted by molar-refractivity contribution is 0.176. The van der Waals surface area contributed by atoms with Crippen molar-refractivity contribution in [3.8, 4) is 28.7 Å². The Bertz CT molecular complexity index is 1210. The molecule has 7 heteroatoms. The number of hydrogen-bond donors (Lipinski definition) is 2. The van der Waals surface area contributed by atoms with Gasteiger partial charge in [-0.3, -0.25) is 0 Å². The maximum atomic E-state index is 9.82. The highest BCUT2D eigenvalue weighted by Gasteiger charge is 2.14. The van der Waals surface area contributed by atoms with E-state index in [0.717, 1.165) is 28.1 Å². The van der Waals surface area contributed by atoms with Crippen molar-refractivity contribution >= 4 is 0 Å². The summed E-state index contributed by atoms with van der Waals surface area (Å²) in [5.41, 5.74) is 4.85. The van der Waals surface area contributed by atoms with Crippen LogP contribution in [0, 0.1) is 18.8 Å². The molecule has 2 heterocycles. The summed E-state index contributed by atoms with van der Waals surface area (Å²) in [5, 5.41) is 27.7. The van der Waals surface area contributed by atoms with Gasteiger partial charge in [-0.05, 0) is 49.2 Å². The summed E-state index contributed by atoms with van der Waals surface area (Å²) in [6.07, 6.45) is 4.46. The van der Waals surface area contributed by atoms with Crippen molar-refractivity contribution in [2.24, 2.45) is 0 Å². The van der Waals surface area contributed by atoms with Crippen LogP contribution in [0.1, 0.15) is 36.2 Å². The summed E-state index contributed by atoms with van der Waals surface area (Å²) in [6, 6.07) is 15.6. The van der Waals surface area contributed by atoms with Gasteiger partial charge < -0.3 is 14.8 Å². The molecule has 2 aromatic carbocycles. The van der Waals surface area contributed by atoms with Crippen molar-refractivity contribution in [1.82, 2.24) is 24.5 Å². The zero-order chi connectivity index (χ0) is 21.8. The number of hydrogen-bond acceptors (Lipinski definition) is 5. The number of aliphatic hydroxyl groups is 2. The van der Waals surface area contributed by atoms with Gasteiger partial charge in [0.25, 0.3) is 0 Å². The molecule has 2 aromatic heterocycles. The molecule has 0 spiro atoms. The SMILES string of the molecule is Cc1cn(-c2ccc(-c3ccc(C#C[C@@H](CO)n4ccnc4[C@H](C)O)cc3)cc2)nn1. The molecule has 31 heavy (non-hydrogen) atoms. The van der Waals surface area contributed by atoms with Gasteiger partial charge in [-0.15, -0.1) is 5.10 Å². The summed E-state index contributed by atoms with van der Waals surface area (Å²) >= 11 is 0. The fraction of sp³-hybridized carbons (Fsp3) is 0.208. The number of aryl methyl sites for hydroxylation is 1. The number of aliphatic hydroxyl groups excluding tert-OH is 2. The van der Waals surface area contributed by atoms with Gasteiger partial charge in [-0.2, -0.15) is 0 Å². The minimum atomic E-state index is -0.731. The Kier molecular flexibility index (Phi) is 5.94. The molecular weight excluding hydrogens is 390 g/mol. The van der Waals surface area contributed by atoms with Crippen molar-refractivity contribution < 1.29 is 10.2 Å². The highest BCUT2D eigenvalue weighted by atomic mass is 16.3. The lowest BCUT2D eigenvalue weighted by Crippen LogP contribution is -2.15. The molecule has 0 aliphatic rings. The van der Waals surface area contributed by atoms with Crippen LogP contribution < -0.4 is 0 Å². The molecule has 2 atom stereocenters. The Hall–Kier alpha value is -3.73. The smallest absolute Gasteiger partial charge is 0.138 e. The zero-order valence-corrected chi connectivity index (χ0v) is 17.3. The second kappa shape index (κ2) is 8.96. The van der Waals surface area contributed by atoms with Crippen molar-refractivity contribution in [3.63, 3.8) is 0 Å². The first-order valence-corrected chi connectivity index (χ1v) is 9.98. The molecule has 0 saturated heterocycles. The van der Waals surface area contributed by atoms with Gasteiger partial charge in [0.2, 0.25) is 0 Å². The van der Waals surface area contributed by atoms with E-state index in [0.29, 0.717) is 5.82 Å². The highest BCUT2D eigenvalue weighted by molar-refractivity contribution is 5.65. The molecule has 7 nitrogen and oxygen atoms in total. The first-order chi connectivity index (χ1) is 15.0. The maximum Gasteiger partial charge on any atom is 0.138 e. The average Bonchev–Trinajstić information content (AvgIpc) is 3.44. The lowest BCUT2D eigenvalue weighted by atomic mass is 10.0. The topological polar surface area (TPSA) is 89.0 Å². The van der Waals surface area contributed by atoms with E-state index in [1.807, 2.05) is 61.7 Å². The molecule has 0 amide bonds. The number of rotatable bonds is 5. The summed E-state index contributed by atoms with van der Waals surface area (Å²) in [4.78, 5) is 4.14. The van der Waals surface area contributed by atoms with Gasteiger partial charge >= 0.3 is 0 Å². The summed E-state index contributed by atoms with van der Waals surface area (Å²) < 4.78 is 3.45. The minimum Gasteiger partial charge on any atom is -0.393 e. The van der Waals surface area contributed by atoms with Gasteiger partial charge in [0.05, 0.1) is 24.2 Å². The van der Waals surface area contributed by atoms with Crippen LogP contribution in [0.15, 0.2) is 67.1 Å². The van der Waals surface area contributed by atoms with Crippen LogP contribution in [0.25, 0.3) is 16.8 Å². The average molecular weight is 413 g/mol. The first-order valence-electron chi connectivity index (χ1n) is 9.98. The molecule has 0 bridgehead atoms. The van der Waals surface area contributed by atoms with Crippen molar-refractivity contribution in [2.45, 2.75) is 26.0 Å². The van der Waals surface area contributed by atoms with E-state index < -0.39 is 12.1 Å². The second-order valence-corrected chi connectivity index (χ2v) is 7.27. The fourth-order valence-electron chi connectivity index (χ4n) is 3.31. The number of nitrogens with zero attached hydrogens (tertiary/aromatic N) is 5. The normalized spacial score (nSPS) is 12.8. The largest absolute Gasteiger partial charge is 0.393 e. The quantitative estimate of drug-likeness (QED) is 0.491. The van der Waals surface area contributed by atoms with Gasteiger partial charge in [0, 0.05) is 18.0 Å². The molecule has 2 N–H and O–H groups in total. The molecule has 4 aromatic rings. The van der Waals surface area contributed by atoms with Crippen LogP contribution in [0.2, 0.25) is 0 Å². The van der Waals surface area contributed by atoms with E-state index in [1.54, 1.807) is 28.6 Å². The molecule has 0 fully saturated rings. The van der Waals surface area contributed by atoms with Crippen LogP contribution in [0.4, 0.5) is 0 Å². The number of benzene rings is 2. The molecule has 0 unspecified atom stereocenters. The molecule has 156 valence electrons. The number of imidazole rings is 1. The van der Waals surface area contributed by atoms with Crippen LogP contribution in [-0.2, 0) is 0 Å². The lowest BCUT2D eigenvalue weighted by Gasteiger charge is -2.14. The van der Waals surface area contributed by atoms with Gasteiger partial charge in [-0.25, -0.2) is 9.67 Å². The predicted molar refractivity (Wildman–Crippen MR) is 117 cm³/mol. The van der Waals surface area contributed by atoms with Crippen molar-refractivity contribution in [1.29, 1.82) is 0 Å². The molecule has 0 aliphatic heterocycles. The van der Waals surface area contributed by atoms with E-state index in [9.17, 15) is 10.2 Å². The molecule has 0 saturated carbocycles. The van der Waals surface area contributed by atoms with E-state index in [4.69, 9.17) is 0 Å². The van der Waals surface area contributed by atoms with Crippen molar-refractivity contribution in [2.75, 3.05) is 6.61 Å². The predicted octanol–water partition coefficient (Wildman–Crippen LogP) is 3.08. The van der Waals surface area contributed by atoms with Crippen LogP contribution in [0.3, 0.4) is 0 Å². The Morgan fingerprint density at radius 2 is 1.71 bits per heavy atom.